The molecule has 0 N–H and O–H groups in total. The van der Waals surface area contributed by atoms with Crippen LogP contribution in [0.5, 0.6) is 0 Å². The normalized spacial score (nSPS) is 15.5. The van der Waals surface area contributed by atoms with Crippen LogP contribution in [0.3, 0.4) is 0 Å². The minimum absolute atomic E-state index is 0.0313. The number of nitrogens with zero attached hydrogens (tertiary/aromatic N) is 3. The highest BCUT2D eigenvalue weighted by Gasteiger charge is 2.26. The largest absolute Gasteiger partial charge is 0.378 e. The summed E-state index contributed by atoms with van der Waals surface area (Å²) < 4.78 is 7.03. The van der Waals surface area contributed by atoms with Crippen LogP contribution < -0.4 is 5.56 Å². The van der Waals surface area contributed by atoms with Crippen molar-refractivity contribution in [2.75, 3.05) is 32.1 Å². The number of morpholine rings is 1. The Hall–Kier alpha value is -2.42. The highest BCUT2D eigenvalue weighted by molar-refractivity contribution is 7.99. The second kappa shape index (κ2) is 8.84. The van der Waals surface area contributed by atoms with Crippen LogP contribution in [0.15, 0.2) is 46.4 Å². The third-order valence-electron chi connectivity index (χ3n) is 5.90. The zero-order valence-corrected chi connectivity index (χ0v) is 19.7. The highest BCUT2D eigenvalue weighted by atomic mass is 32.2. The number of thiophene rings is 1. The molecule has 1 fully saturated rings. The molecule has 1 aliphatic carbocycles. The second-order valence-electron chi connectivity index (χ2n) is 8.27. The summed E-state index contributed by atoms with van der Waals surface area (Å²) in [5, 5.41) is 1.31. The van der Waals surface area contributed by atoms with Gasteiger partial charge in [0.2, 0.25) is 5.91 Å². The summed E-state index contributed by atoms with van der Waals surface area (Å²) in [6.07, 6.45) is 1.78. The lowest BCUT2D eigenvalue weighted by Crippen LogP contribution is -2.41. The molecule has 3 aromatic rings. The number of hydrogen-bond donors (Lipinski definition) is 0. The summed E-state index contributed by atoms with van der Waals surface area (Å²) in [7, 11) is 0. The van der Waals surface area contributed by atoms with E-state index in [1.54, 1.807) is 15.9 Å². The van der Waals surface area contributed by atoms with Crippen LogP contribution >= 0.6 is 23.1 Å². The minimum Gasteiger partial charge on any atom is -0.378 e. The van der Waals surface area contributed by atoms with Gasteiger partial charge in [-0.3, -0.25) is 14.2 Å². The van der Waals surface area contributed by atoms with Crippen molar-refractivity contribution >= 4 is 39.2 Å². The molecule has 0 saturated carbocycles. The SMILES string of the molecule is C=C(C)Cn1c(SCC(=O)N2CCOCC2)nc2sc3c(c2c1=O)CCc1ccccc1-3. The summed E-state index contributed by atoms with van der Waals surface area (Å²) in [5.41, 5.74) is 4.48. The summed E-state index contributed by atoms with van der Waals surface area (Å²) in [4.78, 5) is 34.9. The zero-order valence-electron chi connectivity index (χ0n) is 18.1. The molecule has 5 rings (SSSR count). The number of fused-ring (bicyclic) bond motifs is 5. The fourth-order valence-electron chi connectivity index (χ4n) is 4.35. The fraction of sp³-hybridized carbons (Fsp3) is 0.375. The van der Waals surface area contributed by atoms with E-state index in [0.717, 1.165) is 39.1 Å². The Morgan fingerprint density at radius 2 is 2.03 bits per heavy atom. The molecule has 2 aromatic heterocycles. The van der Waals surface area contributed by atoms with Gasteiger partial charge < -0.3 is 9.64 Å². The molecule has 0 radical (unpaired) electrons. The quantitative estimate of drug-likeness (QED) is 0.325. The molecule has 3 heterocycles. The second-order valence-corrected chi connectivity index (χ2v) is 10.2. The van der Waals surface area contributed by atoms with Gasteiger partial charge in [0, 0.05) is 24.5 Å². The number of ether oxygens (including phenoxy) is 1. The minimum atomic E-state index is -0.0313. The van der Waals surface area contributed by atoms with Gasteiger partial charge in [-0.05, 0) is 36.5 Å². The molecule has 32 heavy (non-hydrogen) atoms. The first kappa shape index (κ1) is 21.4. The maximum absolute atomic E-state index is 13.6. The zero-order chi connectivity index (χ0) is 22.2. The van der Waals surface area contributed by atoms with Crippen LogP contribution in [0.2, 0.25) is 0 Å². The van der Waals surface area contributed by atoms with Crippen LogP contribution in [-0.4, -0.2) is 52.4 Å². The maximum Gasteiger partial charge on any atom is 0.263 e. The van der Waals surface area contributed by atoms with E-state index in [0.29, 0.717) is 38.0 Å². The first-order valence-corrected chi connectivity index (χ1v) is 12.6. The Bertz CT molecular complexity index is 1270. The van der Waals surface area contributed by atoms with Gasteiger partial charge in [-0.25, -0.2) is 4.98 Å². The number of rotatable bonds is 5. The number of allylic oxidation sites excluding steroid dienone is 1. The smallest absolute Gasteiger partial charge is 0.263 e. The van der Waals surface area contributed by atoms with E-state index < -0.39 is 0 Å². The lowest BCUT2D eigenvalue weighted by molar-refractivity contribution is -0.132. The number of carbonyl (C=O) groups excluding carboxylic acids is 1. The van der Waals surface area contributed by atoms with Crippen LogP contribution in [0, 0.1) is 0 Å². The number of benzene rings is 1. The first-order chi connectivity index (χ1) is 15.5. The van der Waals surface area contributed by atoms with E-state index in [-0.39, 0.29) is 17.2 Å². The van der Waals surface area contributed by atoms with Crippen molar-refractivity contribution < 1.29 is 9.53 Å². The maximum atomic E-state index is 13.6. The van der Waals surface area contributed by atoms with Gasteiger partial charge in [-0.2, -0.15) is 0 Å². The third kappa shape index (κ3) is 3.91. The highest BCUT2D eigenvalue weighted by Crippen LogP contribution is 2.42. The topological polar surface area (TPSA) is 64.4 Å². The Kier molecular flexibility index (Phi) is 5.92. The predicted molar refractivity (Wildman–Crippen MR) is 130 cm³/mol. The number of amides is 1. The number of hydrogen-bond acceptors (Lipinski definition) is 6. The van der Waals surface area contributed by atoms with Gasteiger partial charge in [0.25, 0.3) is 5.56 Å². The molecule has 0 atom stereocenters. The van der Waals surface area contributed by atoms with Crippen molar-refractivity contribution in [2.45, 2.75) is 31.5 Å². The molecule has 0 spiro atoms. The molecule has 1 aliphatic heterocycles. The molecule has 1 amide bonds. The molecule has 1 saturated heterocycles. The fourth-order valence-corrected chi connectivity index (χ4v) is 6.57. The van der Waals surface area contributed by atoms with Gasteiger partial charge in [0.1, 0.15) is 4.83 Å². The van der Waals surface area contributed by atoms with Crippen molar-refractivity contribution in [3.63, 3.8) is 0 Å². The van der Waals surface area contributed by atoms with E-state index in [1.807, 2.05) is 17.9 Å². The summed E-state index contributed by atoms with van der Waals surface area (Å²) >= 11 is 2.93. The molecular formula is C24H25N3O3S2. The Morgan fingerprint density at radius 1 is 1.25 bits per heavy atom. The number of carbonyl (C=O) groups is 1. The van der Waals surface area contributed by atoms with Crippen LogP contribution in [-0.2, 0) is 28.9 Å². The Labute approximate surface area is 194 Å². The summed E-state index contributed by atoms with van der Waals surface area (Å²) in [6.45, 7) is 8.68. The monoisotopic (exact) mass is 467 g/mol. The molecule has 8 heteroatoms. The van der Waals surface area contributed by atoms with Crippen molar-refractivity contribution in [1.29, 1.82) is 0 Å². The summed E-state index contributed by atoms with van der Waals surface area (Å²) in [6, 6.07) is 8.40. The van der Waals surface area contributed by atoms with Gasteiger partial charge in [0.05, 0.1) is 24.4 Å². The van der Waals surface area contributed by atoms with E-state index >= 15 is 0 Å². The third-order valence-corrected chi connectivity index (χ3v) is 8.02. The lowest BCUT2D eigenvalue weighted by atomic mass is 9.90. The molecule has 0 bridgehead atoms. The molecular weight excluding hydrogens is 442 g/mol. The predicted octanol–water partition coefficient (Wildman–Crippen LogP) is 3.75. The van der Waals surface area contributed by atoms with Gasteiger partial charge >= 0.3 is 0 Å². The van der Waals surface area contributed by atoms with Crippen molar-refractivity contribution in [3.05, 3.63) is 57.9 Å². The van der Waals surface area contributed by atoms with Crippen molar-refractivity contribution in [2.24, 2.45) is 0 Å². The standard InChI is InChI=1S/C24H25N3O3S2/c1-15(2)13-27-23(29)20-18-8-7-16-5-3-4-6-17(16)21(18)32-22(20)25-24(27)31-14-19(28)26-9-11-30-12-10-26/h3-6H,1,7-14H2,2H3. The van der Waals surface area contributed by atoms with E-state index in [2.05, 4.69) is 24.8 Å². The molecule has 1 aromatic carbocycles. The van der Waals surface area contributed by atoms with E-state index in [4.69, 9.17) is 9.72 Å². The Morgan fingerprint density at radius 3 is 2.81 bits per heavy atom. The van der Waals surface area contributed by atoms with Crippen molar-refractivity contribution in [3.8, 4) is 10.4 Å². The number of aryl methyl sites for hydroxylation is 2. The molecule has 166 valence electrons. The lowest BCUT2D eigenvalue weighted by Gasteiger charge is -2.26. The van der Waals surface area contributed by atoms with Crippen LogP contribution in [0.1, 0.15) is 18.1 Å². The van der Waals surface area contributed by atoms with Gasteiger partial charge in [0.15, 0.2) is 5.16 Å². The van der Waals surface area contributed by atoms with Crippen LogP contribution in [0.25, 0.3) is 20.7 Å². The molecule has 6 nitrogen and oxygen atoms in total. The van der Waals surface area contributed by atoms with Crippen LogP contribution in [0.4, 0.5) is 0 Å². The van der Waals surface area contributed by atoms with Gasteiger partial charge in [-0.1, -0.05) is 48.2 Å². The van der Waals surface area contributed by atoms with Crippen molar-refractivity contribution in [1.82, 2.24) is 14.5 Å². The first-order valence-electron chi connectivity index (χ1n) is 10.8. The molecule has 0 unspecified atom stereocenters. The number of thioether (sulfide) groups is 1. The van der Waals surface area contributed by atoms with E-state index in [1.165, 1.54) is 22.9 Å². The average molecular weight is 468 g/mol. The van der Waals surface area contributed by atoms with E-state index in [9.17, 15) is 9.59 Å². The number of aromatic nitrogens is 2. The Balaban J connectivity index is 1.55. The molecule has 2 aliphatic rings. The average Bonchev–Trinajstić information content (AvgIpc) is 3.19. The van der Waals surface area contributed by atoms with Gasteiger partial charge in [-0.15, -0.1) is 11.3 Å². The summed E-state index contributed by atoms with van der Waals surface area (Å²) in [5.74, 6) is 0.302.